The predicted molar refractivity (Wildman–Crippen MR) is 79.2 cm³/mol. The van der Waals surface area contributed by atoms with E-state index in [1.807, 2.05) is 18.2 Å². The molecule has 0 spiro atoms. The van der Waals surface area contributed by atoms with Crippen molar-refractivity contribution in [2.24, 2.45) is 0 Å². The van der Waals surface area contributed by atoms with Crippen molar-refractivity contribution < 1.29 is 9.84 Å². The van der Waals surface area contributed by atoms with E-state index in [0.29, 0.717) is 18.2 Å². The number of nitrogens with zero attached hydrogens (tertiary/aromatic N) is 1. The van der Waals surface area contributed by atoms with Crippen molar-refractivity contribution >= 4 is 11.6 Å². The maximum absolute atomic E-state index is 9.95. The van der Waals surface area contributed by atoms with E-state index < -0.39 is 0 Å². The maximum Gasteiger partial charge on any atom is 0.123 e. The number of phenolic OH excluding ortho intramolecular Hbond substituents is 1. The summed E-state index contributed by atoms with van der Waals surface area (Å²) in [7, 11) is 0. The number of benzene rings is 2. The van der Waals surface area contributed by atoms with Crippen LogP contribution in [0.4, 0.5) is 0 Å². The number of ether oxygens (including phenoxy) is 1. The molecule has 0 saturated heterocycles. The number of para-hydroxylation sites is 1. The van der Waals surface area contributed by atoms with Crippen LogP contribution in [-0.2, 0) is 13.1 Å². The summed E-state index contributed by atoms with van der Waals surface area (Å²) in [6.45, 7) is 2.85. The third-order valence-corrected chi connectivity index (χ3v) is 3.86. The Hall–Kier alpha value is -1.71. The van der Waals surface area contributed by atoms with Crippen molar-refractivity contribution in [1.29, 1.82) is 0 Å². The van der Waals surface area contributed by atoms with E-state index in [4.69, 9.17) is 16.3 Å². The van der Waals surface area contributed by atoms with Gasteiger partial charge < -0.3 is 9.84 Å². The van der Waals surface area contributed by atoms with Crippen molar-refractivity contribution in [2.75, 3.05) is 13.2 Å². The van der Waals surface area contributed by atoms with Crippen molar-refractivity contribution in [1.82, 2.24) is 4.90 Å². The molecule has 1 aliphatic heterocycles. The third-order valence-electron chi connectivity index (χ3n) is 3.51. The van der Waals surface area contributed by atoms with E-state index in [1.165, 1.54) is 0 Å². The molecule has 20 heavy (non-hydrogen) atoms. The average Bonchev–Trinajstić information content (AvgIpc) is 2.64. The lowest BCUT2D eigenvalue weighted by Gasteiger charge is -2.20. The number of hydrogen-bond donors (Lipinski definition) is 1. The van der Waals surface area contributed by atoms with Crippen molar-refractivity contribution in [3.8, 4) is 11.5 Å². The van der Waals surface area contributed by atoms with Crippen LogP contribution in [0.2, 0.25) is 5.02 Å². The number of hydrogen-bond acceptors (Lipinski definition) is 3. The second-order valence-electron chi connectivity index (χ2n) is 4.90. The minimum atomic E-state index is 0.246. The van der Waals surface area contributed by atoms with E-state index in [1.54, 1.807) is 18.2 Å². The quantitative estimate of drug-likeness (QED) is 0.919. The summed E-state index contributed by atoms with van der Waals surface area (Å²) in [4.78, 5) is 2.23. The van der Waals surface area contributed by atoms with Gasteiger partial charge in [0.1, 0.15) is 18.1 Å². The zero-order valence-corrected chi connectivity index (χ0v) is 11.8. The van der Waals surface area contributed by atoms with Gasteiger partial charge in [-0.25, -0.2) is 0 Å². The maximum atomic E-state index is 9.95. The molecule has 2 aromatic carbocycles. The molecule has 0 atom stereocenters. The summed E-state index contributed by atoms with van der Waals surface area (Å²) in [5, 5.41) is 10.5. The Bertz CT molecular complexity index is 595. The Morgan fingerprint density at radius 3 is 2.85 bits per heavy atom. The Kier molecular flexibility index (Phi) is 3.81. The van der Waals surface area contributed by atoms with Gasteiger partial charge in [0.25, 0.3) is 0 Å². The molecule has 0 amide bonds. The monoisotopic (exact) mass is 289 g/mol. The Morgan fingerprint density at radius 1 is 1.15 bits per heavy atom. The molecule has 4 heteroatoms. The van der Waals surface area contributed by atoms with Gasteiger partial charge in [0, 0.05) is 35.8 Å². The SMILES string of the molecule is Oc1cccc(Cl)c1CN1CCOc2ccccc2C1. The fourth-order valence-corrected chi connectivity index (χ4v) is 2.67. The first-order chi connectivity index (χ1) is 9.74. The second-order valence-corrected chi connectivity index (χ2v) is 5.31. The van der Waals surface area contributed by atoms with Crippen molar-refractivity contribution in [3.05, 3.63) is 58.6 Å². The van der Waals surface area contributed by atoms with Gasteiger partial charge in [0.2, 0.25) is 0 Å². The average molecular weight is 290 g/mol. The van der Waals surface area contributed by atoms with Gasteiger partial charge in [-0.3, -0.25) is 4.90 Å². The predicted octanol–water partition coefficient (Wildman–Crippen LogP) is 3.44. The lowest BCUT2D eigenvalue weighted by molar-refractivity contribution is 0.218. The van der Waals surface area contributed by atoms with Crippen molar-refractivity contribution in [3.63, 3.8) is 0 Å². The first-order valence-corrected chi connectivity index (χ1v) is 7.01. The van der Waals surface area contributed by atoms with Gasteiger partial charge in [0.15, 0.2) is 0 Å². The van der Waals surface area contributed by atoms with Crippen molar-refractivity contribution in [2.45, 2.75) is 13.1 Å². The van der Waals surface area contributed by atoms with Crippen LogP contribution in [0.3, 0.4) is 0 Å². The topological polar surface area (TPSA) is 32.7 Å². The standard InChI is InChI=1S/C16H16ClNO2/c17-14-5-3-6-15(19)13(14)11-18-8-9-20-16-7-2-1-4-12(16)10-18/h1-7,19H,8-11H2. The van der Waals surface area contributed by atoms with Gasteiger partial charge in [-0.1, -0.05) is 35.9 Å². The minimum absolute atomic E-state index is 0.246. The number of fused-ring (bicyclic) bond motifs is 1. The van der Waals surface area contributed by atoms with E-state index >= 15 is 0 Å². The lowest BCUT2D eigenvalue weighted by Crippen LogP contribution is -2.25. The largest absolute Gasteiger partial charge is 0.508 e. The number of phenols is 1. The summed E-state index contributed by atoms with van der Waals surface area (Å²) >= 11 is 6.17. The summed E-state index contributed by atoms with van der Waals surface area (Å²) < 4.78 is 5.74. The smallest absolute Gasteiger partial charge is 0.123 e. The van der Waals surface area contributed by atoms with Crippen LogP contribution in [0.25, 0.3) is 0 Å². The molecule has 3 nitrogen and oxygen atoms in total. The first kappa shape index (κ1) is 13.3. The molecular formula is C16H16ClNO2. The molecule has 0 aliphatic carbocycles. The summed E-state index contributed by atoms with van der Waals surface area (Å²) in [5.41, 5.74) is 1.94. The van der Waals surface area contributed by atoms with Gasteiger partial charge in [-0.05, 0) is 18.2 Å². The molecule has 0 radical (unpaired) electrons. The molecule has 0 fully saturated rings. The van der Waals surface area contributed by atoms with E-state index in [9.17, 15) is 5.11 Å². The highest BCUT2D eigenvalue weighted by Gasteiger charge is 2.17. The van der Waals surface area contributed by atoms with Gasteiger partial charge >= 0.3 is 0 Å². The lowest BCUT2D eigenvalue weighted by atomic mass is 10.1. The molecular weight excluding hydrogens is 274 g/mol. The molecule has 0 saturated carbocycles. The van der Waals surface area contributed by atoms with Crippen LogP contribution in [0, 0.1) is 0 Å². The zero-order valence-electron chi connectivity index (χ0n) is 11.1. The molecule has 104 valence electrons. The van der Waals surface area contributed by atoms with Crippen LogP contribution < -0.4 is 4.74 Å². The third kappa shape index (κ3) is 2.74. The molecule has 0 bridgehead atoms. The summed E-state index contributed by atoms with van der Waals surface area (Å²) in [6, 6.07) is 13.3. The van der Waals surface area contributed by atoms with E-state index in [2.05, 4.69) is 11.0 Å². The Morgan fingerprint density at radius 2 is 2.00 bits per heavy atom. The molecule has 0 unspecified atom stereocenters. The fourth-order valence-electron chi connectivity index (χ4n) is 2.44. The van der Waals surface area contributed by atoms with Crippen LogP contribution in [0.5, 0.6) is 11.5 Å². The van der Waals surface area contributed by atoms with Crippen LogP contribution >= 0.6 is 11.6 Å². The van der Waals surface area contributed by atoms with Crippen LogP contribution in [-0.4, -0.2) is 23.2 Å². The van der Waals surface area contributed by atoms with Crippen LogP contribution in [0.1, 0.15) is 11.1 Å². The number of rotatable bonds is 2. The van der Waals surface area contributed by atoms with Gasteiger partial charge in [-0.2, -0.15) is 0 Å². The minimum Gasteiger partial charge on any atom is -0.508 e. The number of halogens is 1. The molecule has 2 aromatic rings. The van der Waals surface area contributed by atoms with E-state index in [0.717, 1.165) is 30.0 Å². The molecule has 0 aromatic heterocycles. The second kappa shape index (κ2) is 5.73. The Labute approximate surface area is 123 Å². The molecule has 1 heterocycles. The van der Waals surface area contributed by atoms with Gasteiger partial charge in [-0.15, -0.1) is 0 Å². The van der Waals surface area contributed by atoms with Gasteiger partial charge in [0.05, 0.1) is 0 Å². The summed E-state index contributed by atoms with van der Waals surface area (Å²) in [5.74, 6) is 1.19. The molecule has 1 aliphatic rings. The Balaban J connectivity index is 1.82. The van der Waals surface area contributed by atoms with E-state index in [-0.39, 0.29) is 5.75 Å². The van der Waals surface area contributed by atoms with Crippen LogP contribution in [0.15, 0.2) is 42.5 Å². The zero-order chi connectivity index (χ0) is 13.9. The summed E-state index contributed by atoms with van der Waals surface area (Å²) in [6.07, 6.45) is 0. The highest BCUT2D eigenvalue weighted by Crippen LogP contribution is 2.29. The highest BCUT2D eigenvalue weighted by molar-refractivity contribution is 6.31. The molecule has 1 N–H and O–H groups in total. The molecule has 3 rings (SSSR count). The normalized spacial score (nSPS) is 15.2. The fraction of sp³-hybridized carbons (Fsp3) is 0.250. The first-order valence-electron chi connectivity index (χ1n) is 6.63. The highest BCUT2D eigenvalue weighted by atomic mass is 35.5. The number of aromatic hydroxyl groups is 1.